The fourth-order valence-electron chi connectivity index (χ4n) is 3.78. The fourth-order valence-corrected chi connectivity index (χ4v) is 3.78. The van der Waals surface area contributed by atoms with Gasteiger partial charge in [-0.05, 0) is 69.9 Å². The molecule has 0 aliphatic rings. The van der Waals surface area contributed by atoms with Crippen molar-refractivity contribution in [2.75, 3.05) is 0 Å². The number of aromatic nitrogens is 2. The molecule has 0 atom stereocenters. The van der Waals surface area contributed by atoms with E-state index in [1.54, 1.807) is 6.07 Å². The van der Waals surface area contributed by atoms with Crippen molar-refractivity contribution >= 4 is 28.7 Å². The first-order valence-corrected chi connectivity index (χ1v) is 14.1. The molecule has 0 radical (unpaired) electrons. The average Bonchev–Trinajstić information content (AvgIpc) is 2.97. The van der Waals surface area contributed by atoms with Crippen molar-refractivity contribution in [3.8, 4) is 17.8 Å². The molecule has 2 rings (SSSR count). The van der Waals surface area contributed by atoms with E-state index in [1.165, 1.54) is 27.7 Å². The van der Waals surface area contributed by atoms with Crippen molar-refractivity contribution in [1.82, 2.24) is 9.13 Å². The molecule has 0 unspecified atom stereocenters. The number of pyridine rings is 2. The third kappa shape index (κ3) is 11.5. The second-order valence-corrected chi connectivity index (χ2v) is 9.85. The molecule has 0 spiro atoms. The van der Waals surface area contributed by atoms with E-state index in [1.807, 2.05) is 13.8 Å². The number of aromatic hydroxyl groups is 2. The van der Waals surface area contributed by atoms with E-state index in [4.69, 9.17) is 22.0 Å². The molecule has 0 fully saturated rings. The molecular formula is C30H36N10NiO6. The zero-order chi connectivity index (χ0) is 35.1. The number of unbranched alkanes of at least 4 members (excludes halogenated alkanes) is 2. The zero-order valence-electron chi connectivity index (χ0n) is 26.8. The van der Waals surface area contributed by atoms with Gasteiger partial charge in [0, 0.05) is 18.7 Å². The first-order chi connectivity index (χ1) is 21.7. The summed E-state index contributed by atoms with van der Waals surface area (Å²) < 4.78 is 2.13. The zero-order valence-corrected chi connectivity index (χ0v) is 27.8. The van der Waals surface area contributed by atoms with Crippen molar-refractivity contribution in [2.45, 2.75) is 80.3 Å². The minimum atomic E-state index is -0.589. The predicted octanol–water partition coefficient (Wildman–Crippen LogP) is 6.77. The van der Waals surface area contributed by atoms with Crippen LogP contribution in [-0.2, 0) is 29.6 Å². The number of hydrogen-bond donors (Lipinski definition) is 4. The third-order valence-electron chi connectivity index (χ3n) is 6.16. The number of amidine groups is 2. The van der Waals surface area contributed by atoms with Gasteiger partial charge in [-0.2, -0.15) is 5.26 Å². The van der Waals surface area contributed by atoms with Crippen LogP contribution in [0.4, 0.5) is 17.1 Å². The normalized spacial score (nSPS) is 11.4. The van der Waals surface area contributed by atoms with Crippen LogP contribution in [-0.4, -0.2) is 41.2 Å². The van der Waals surface area contributed by atoms with Gasteiger partial charge < -0.3 is 41.5 Å². The molecule has 0 saturated heterocycles. The van der Waals surface area contributed by atoms with Crippen LogP contribution in [0.5, 0.6) is 11.8 Å². The van der Waals surface area contributed by atoms with Crippen LogP contribution in [0.1, 0.15) is 70.1 Å². The van der Waals surface area contributed by atoms with E-state index in [2.05, 4.69) is 25.3 Å². The number of azo groups is 2. The van der Waals surface area contributed by atoms with Gasteiger partial charge in [-0.25, -0.2) is 4.85 Å². The van der Waals surface area contributed by atoms with E-state index >= 15 is 0 Å². The number of nitrogens with zero attached hydrogens (tertiary/aromatic N) is 10. The molecule has 0 saturated carbocycles. The molecule has 47 heavy (non-hydrogen) atoms. The number of aliphatic hydroxyl groups is 2. The van der Waals surface area contributed by atoms with Gasteiger partial charge in [-0.3, -0.25) is 29.0 Å². The number of nitriles is 1. The minimum absolute atomic E-state index is 0. The number of hydrogen-bond acceptors (Lipinski definition) is 9. The second kappa shape index (κ2) is 19.9. The van der Waals surface area contributed by atoms with Crippen LogP contribution in [0.15, 0.2) is 53.7 Å². The molecule has 2 aromatic rings. The van der Waals surface area contributed by atoms with Gasteiger partial charge in [-0.15, -0.1) is 0 Å². The van der Waals surface area contributed by atoms with Crippen molar-refractivity contribution in [1.29, 1.82) is 5.26 Å². The Bertz CT molecular complexity index is 1670. The van der Waals surface area contributed by atoms with Crippen LogP contribution in [0, 0.1) is 31.8 Å². The average molecular weight is 691 g/mol. The number of allylic oxidation sites excluding steroid dienone is 2. The summed E-state index contributed by atoms with van der Waals surface area (Å²) in [4.78, 5) is 27.6. The van der Waals surface area contributed by atoms with Crippen molar-refractivity contribution in [3.63, 3.8) is 0 Å². The van der Waals surface area contributed by atoms with Crippen molar-refractivity contribution in [2.24, 2.45) is 20.5 Å². The number of aliphatic hydroxyl groups excluding tert-OH is 2. The molecule has 0 aromatic carbocycles. The molecule has 16 nitrogen and oxygen atoms in total. The Hall–Kier alpha value is -5.41. The largest absolute Gasteiger partial charge is 2.00 e. The summed E-state index contributed by atoms with van der Waals surface area (Å²) >= 11 is 0. The molecule has 17 heteroatoms. The van der Waals surface area contributed by atoms with Gasteiger partial charge in [0.1, 0.15) is 23.0 Å². The van der Waals surface area contributed by atoms with Crippen molar-refractivity contribution < 1.29 is 36.9 Å². The molecule has 0 aliphatic carbocycles. The smallest absolute Gasteiger partial charge is 0.513 e. The Morgan fingerprint density at radius 1 is 0.872 bits per heavy atom. The monoisotopic (exact) mass is 690 g/mol. The molecule has 0 aliphatic heterocycles. The summed E-state index contributed by atoms with van der Waals surface area (Å²) in [5, 5.41) is 80.9. The summed E-state index contributed by atoms with van der Waals surface area (Å²) in [5.41, 5.74) is -1.26. The van der Waals surface area contributed by atoms with Gasteiger partial charge in [0.2, 0.25) is 11.8 Å². The summed E-state index contributed by atoms with van der Waals surface area (Å²) in [6, 6.07) is 1.80. The fraction of sp³-hybridized carbons (Fsp3) is 0.400. The van der Waals surface area contributed by atoms with Crippen LogP contribution >= 0.6 is 0 Å². The molecule has 0 amide bonds. The predicted molar refractivity (Wildman–Crippen MR) is 174 cm³/mol. The van der Waals surface area contributed by atoms with E-state index in [0.717, 1.165) is 34.1 Å². The standard InChI is InChI=1S/2C15H18N5O3.Ni/c1-5-6-7-20-14(22)12(17-4)10(3)13(15(20)23)19-18-11(16)8-9(2)21;1-4-5-6-20-14(22)11(8-16)10(3)13(15(20)23)19-18-12(17)7-9(2)21;/h8,21,23H,5-7H2,1-3H3;7,21,23H,4-6H2,1-3H3;/q2*-1;+2/b9-8-,19-18?;9-7-,19-18?;. The molecule has 2 aromatic heterocycles. The summed E-state index contributed by atoms with van der Waals surface area (Å²) in [6.07, 6.45) is 4.83. The SMILES string of the molecule is CCCCn1c(O)c(N=NC(=[N-])/C=C(/C)O)c(C)c(C#N)c1=O.[C-]#[N+]c1c(C)c(N=NC(=[N-])/C=C(/C)O)c(O)n(CCCC)c1=O.[Ni+2]. The molecule has 252 valence electrons. The Balaban J connectivity index is 0.000000882. The Labute approximate surface area is 281 Å². The summed E-state index contributed by atoms with van der Waals surface area (Å²) in [6.45, 7) is 17.1. The molecule has 2 heterocycles. The van der Waals surface area contributed by atoms with Gasteiger partial charge >= 0.3 is 16.5 Å². The van der Waals surface area contributed by atoms with Gasteiger partial charge in [-0.1, -0.05) is 26.7 Å². The first kappa shape index (κ1) is 41.6. The van der Waals surface area contributed by atoms with E-state index in [9.17, 15) is 30.6 Å². The van der Waals surface area contributed by atoms with E-state index in [-0.39, 0.29) is 74.9 Å². The summed E-state index contributed by atoms with van der Waals surface area (Å²) in [5.74, 6) is -2.31. The second-order valence-electron chi connectivity index (χ2n) is 9.85. The molecule has 4 N–H and O–H groups in total. The Morgan fingerprint density at radius 3 is 1.64 bits per heavy atom. The van der Waals surface area contributed by atoms with Crippen LogP contribution in [0.3, 0.4) is 0 Å². The molecular weight excluding hydrogens is 655 g/mol. The quantitative estimate of drug-likeness (QED) is 0.0519. The Morgan fingerprint density at radius 2 is 1.28 bits per heavy atom. The topological polar surface area (TPSA) is 247 Å². The van der Waals surface area contributed by atoms with Gasteiger partial charge in [0.15, 0.2) is 0 Å². The number of rotatable bonds is 10. The maximum Gasteiger partial charge on any atom is 2.00 e. The summed E-state index contributed by atoms with van der Waals surface area (Å²) in [7, 11) is 0. The first-order valence-electron chi connectivity index (χ1n) is 14.1. The third-order valence-corrected chi connectivity index (χ3v) is 6.16. The van der Waals surface area contributed by atoms with Crippen LogP contribution in [0.25, 0.3) is 15.7 Å². The van der Waals surface area contributed by atoms with Gasteiger partial charge in [0.05, 0.1) is 18.1 Å². The van der Waals surface area contributed by atoms with Crippen molar-refractivity contribution in [3.05, 3.63) is 83.3 Å². The molecule has 0 bridgehead atoms. The van der Waals surface area contributed by atoms with E-state index in [0.29, 0.717) is 12.8 Å². The maximum absolute atomic E-state index is 12.2. The minimum Gasteiger partial charge on any atom is -0.513 e. The van der Waals surface area contributed by atoms with E-state index < -0.39 is 34.5 Å². The maximum atomic E-state index is 12.2. The van der Waals surface area contributed by atoms with Crippen LogP contribution in [0.2, 0.25) is 0 Å². The van der Waals surface area contributed by atoms with Crippen LogP contribution < -0.4 is 11.1 Å². The van der Waals surface area contributed by atoms with Gasteiger partial charge in [0.25, 0.3) is 16.8 Å². The Kier molecular flexibility index (Phi) is 17.6.